The fourth-order valence-corrected chi connectivity index (χ4v) is 3.96. The topological polar surface area (TPSA) is 81.9 Å². The van der Waals surface area contributed by atoms with E-state index in [1.165, 1.54) is 5.57 Å². The van der Waals surface area contributed by atoms with Crippen LogP contribution in [0.1, 0.15) is 25.3 Å². The Bertz CT molecular complexity index is 893. The molecule has 4 rings (SSSR count). The normalized spacial score (nSPS) is 22.0. The molecule has 1 aromatic carbocycles. The van der Waals surface area contributed by atoms with Crippen molar-refractivity contribution in [2.45, 2.75) is 26.0 Å². The number of nitrogens with one attached hydrogen (secondary N) is 1. The van der Waals surface area contributed by atoms with Crippen LogP contribution in [-0.4, -0.2) is 68.2 Å². The fourth-order valence-electron chi connectivity index (χ4n) is 3.96. The molecule has 0 aromatic heterocycles. The number of aliphatic hydroxyl groups is 1. The first-order chi connectivity index (χ1) is 14.7. The second-order valence-corrected chi connectivity index (χ2v) is 7.54. The van der Waals surface area contributed by atoms with Crippen molar-refractivity contribution in [3.05, 3.63) is 41.2 Å². The number of benzene rings is 1. The smallest absolute Gasteiger partial charge is 0.213 e. The summed E-state index contributed by atoms with van der Waals surface area (Å²) in [5.74, 6) is 1.73. The molecule has 0 saturated carbocycles. The average Bonchev–Trinajstić information content (AvgIpc) is 3.18. The molecule has 1 aromatic rings. The van der Waals surface area contributed by atoms with Gasteiger partial charge in [0.1, 0.15) is 5.75 Å². The van der Waals surface area contributed by atoms with Crippen LogP contribution >= 0.6 is 0 Å². The number of anilines is 1. The van der Waals surface area contributed by atoms with Crippen molar-refractivity contribution in [2.75, 3.05) is 44.8 Å². The average molecular weight is 412 g/mol. The van der Waals surface area contributed by atoms with Gasteiger partial charge in [0.2, 0.25) is 6.23 Å². The Morgan fingerprint density at radius 1 is 1.40 bits per heavy atom. The SMILES string of the molecule is COc1cc(/C=C2\CCCN3C2=NO[C@H]3CNCCO)ccc1N1C=C(C)N=CC1. The lowest BCUT2D eigenvalue weighted by Crippen LogP contribution is -2.45. The summed E-state index contributed by atoms with van der Waals surface area (Å²) in [6.45, 7) is 4.93. The molecule has 0 radical (unpaired) electrons. The quantitative estimate of drug-likeness (QED) is 0.670. The molecular formula is C22H29N5O3. The van der Waals surface area contributed by atoms with E-state index >= 15 is 0 Å². The molecule has 2 N–H and O–H groups in total. The Balaban J connectivity index is 1.52. The number of ether oxygens (including phenoxy) is 1. The van der Waals surface area contributed by atoms with E-state index in [-0.39, 0.29) is 12.8 Å². The number of methoxy groups -OCH3 is 1. The lowest BCUT2D eigenvalue weighted by Gasteiger charge is -2.30. The number of rotatable bonds is 7. The number of aliphatic hydroxyl groups excluding tert-OH is 1. The molecule has 8 nitrogen and oxygen atoms in total. The third-order valence-electron chi connectivity index (χ3n) is 5.39. The van der Waals surface area contributed by atoms with Crippen molar-refractivity contribution in [3.63, 3.8) is 0 Å². The molecule has 0 amide bonds. The van der Waals surface area contributed by atoms with Crippen LogP contribution < -0.4 is 15.0 Å². The molecule has 3 aliphatic rings. The van der Waals surface area contributed by atoms with E-state index in [1.807, 2.05) is 19.3 Å². The summed E-state index contributed by atoms with van der Waals surface area (Å²) in [5, 5.41) is 16.5. The first kappa shape index (κ1) is 20.4. The van der Waals surface area contributed by atoms with Gasteiger partial charge in [-0.1, -0.05) is 11.2 Å². The van der Waals surface area contributed by atoms with Gasteiger partial charge in [-0.25, -0.2) is 0 Å². The number of aliphatic imine (C=N–C) groups is 1. The number of fused-ring (bicyclic) bond motifs is 1. The Labute approximate surface area is 177 Å². The lowest BCUT2D eigenvalue weighted by atomic mass is 10.00. The molecule has 0 bridgehead atoms. The van der Waals surface area contributed by atoms with Gasteiger partial charge in [-0.15, -0.1) is 0 Å². The van der Waals surface area contributed by atoms with Crippen LogP contribution in [0.5, 0.6) is 5.75 Å². The summed E-state index contributed by atoms with van der Waals surface area (Å²) in [5.41, 5.74) is 4.23. The highest BCUT2D eigenvalue weighted by atomic mass is 16.7. The van der Waals surface area contributed by atoms with Gasteiger partial charge in [-0.05, 0) is 49.1 Å². The number of hydrogen-bond donors (Lipinski definition) is 2. The third-order valence-corrected chi connectivity index (χ3v) is 5.39. The molecule has 1 saturated heterocycles. The zero-order chi connectivity index (χ0) is 20.9. The second-order valence-electron chi connectivity index (χ2n) is 7.54. The molecule has 1 fully saturated rings. The van der Waals surface area contributed by atoms with Crippen molar-refractivity contribution in [3.8, 4) is 5.75 Å². The summed E-state index contributed by atoms with van der Waals surface area (Å²) in [7, 11) is 1.70. The molecule has 0 unspecified atom stereocenters. The molecule has 3 aliphatic heterocycles. The summed E-state index contributed by atoms with van der Waals surface area (Å²) in [4.78, 5) is 14.3. The van der Waals surface area contributed by atoms with E-state index in [2.05, 4.69) is 49.5 Å². The molecule has 0 aliphatic carbocycles. The minimum Gasteiger partial charge on any atom is -0.495 e. The first-order valence-corrected chi connectivity index (χ1v) is 10.4. The van der Waals surface area contributed by atoms with Gasteiger partial charge in [0.25, 0.3) is 0 Å². The number of amidine groups is 1. The Hall–Kier alpha value is -2.84. The Morgan fingerprint density at radius 2 is 2.30 bits per heavy atom. The summed E-state index contributed by atoms with van der Waals surface area (Å²) in [6.07, 6.45) is 8.00. The van der Waals surface area contributed by atoms with Crippen LogP contribution in [0.25, 0.3) is 6.08 Å². The predicted octanol–water partition coefficient (Wildman–Crippen LogP) is 2.18. The van der Waals surface area contributed by atoms with Crippen LogP contribution in [0.2, 0.25) is 0 Å². The minimum atomic E-state index is -0.122. The van der Waals surface area contributed by atoms with Crippen LogP contribution in [0.15, 0.2) is 45.8 Å². The van der Waals surface area contributed by atoms with Gasteiger partial charge in [0.05, 0.1) is 38.2 Å². The molecule has 1 atom stereocenters. The summed E-state index contributed by atoms with van der Waals surface area (Å²) < 4.78 is 5.68. The van der Waals surface area contributed by atoms with Crippen LogP contribution in [0.3, 0.4) is 0 Å². The van der Waals surface area contributed by atoms with E-state index in [1.54, 1.807) is 7.11 Å². The van der Waals surface area contributed by atoms with Gasteiger partial charge in [0.15, 0.2) is 5.84 Å². The largest absolute Gasteiger partial charge is 0.495 e. The zero-order valence-corrected chi connectivity index (χ0v) is 17.5. The monoisotopic (exact) mass is 411 g/mol. The van der Waals surface area contributed by atoms with Crippen molar-refractivity contribution in [2.24, 2.45) is 10.1 Å². The van der Waals surface area contributed by atoms with Crippen LogP contribution in [0, 0.1) is 0 Å². The lowest BCUT2D eigenvalue weighted by molar-refractivity contribution is 0.0101. The minimum absolute atomic E-state index is 0.114. The van der Waals surface area contributed by atoms with E-state index in [0.717, 1.165) is 54.5 Å². The number of oxime groups is 1. The van der Waals surface area contributed by atoms with Crippen molar-refractivity contribution in [1.29, 1.82) is 0 Å². The predicted molar refractivity (Wildman–Crippen MR) is 119 cm³/mol. The number of hydrogen-bond acceptors (Lipinski definition) is 8. The highest BCUT2D eigenvalue weighted by Crippen LogP contribution is 2.33. The summed E-state index contributed by atoms with van der Waals surface area (Å²) in [6, 6.07) is 6.26. The standard InChI is InChI=1S/C22H29N5O3/c1-16-15-26(10-7-24-16)19-6-5-17(13-20(19)29-2)12-18-4-3-9-27-21(14-23-8-11-28)30-25-22(18)27/h5-7,12-13,15,21,23,28H,3-4,8-11,14H2,1-2H3/b18-12+/t21-/m0/s1. The van der Waals surface area contributed by atoms with Crippen LogP contribution in [0.4, 0.5) is 5.69 Å². The number of nitrogens with zero attached hydrogens (tertiary/aromatic N) is 4. The zero-order valence-electron chi connectivity index (χ0n) is 17.5. The maximum Gasteiger partial charge on any atom is 0.213 e. The van der Waals surface area contributed by atoms with Crippen molar-refractivity contribution >= 4 is 23.8 Å². The van der Waals surface area contributed by atoms with Gasteiger partial charge >= 0.3 is 0 Å². The molecule has 30 heavy (non-hydrogen) atoms. The van der Waals surface area contributed by atoms with Gasteiger partial charge < -0.3 is 29.8 Å². The maximum absolute atomic E-state index is 8.96. The van der Waals surface area contributed by atoms with E-state index in [9.17, 15) is 0 Å². The molecule has 0 spiro atoms. The third kappa shape index (κ3) is 4.34. The highest BCUT2D eigenvalue weighted by Gasteiger charge is 2.34. The van der Waals surface area contributed by atoms with E-state index in [4.69, 9.17) is 14.7 Å². The van der Waals surface area contributed by atoms with Crippen molar-refractivity contribution < 1.29 is 14.7 Å². The fraction of sp³-hybridized carbons (Fsp3) is 0.455. The number of allylic oxidation sites excluding steroid dienone is 1. The number of piperidine rings is 1. The first-order valence-electron chi connectivity index (χ1n) is 10.4. The van der Waals surface area contributed by atoms with Gasteiger partial charge in [0, 0.05) is 25.5 Å². The highest BCUT2D eigenvalue weighted by molar-refractivity contribution is 6.03. The molecule has 3 heterocycles. The molecule has 8 heteroatoms. The summed E-state index contributed by atoms with van der Waals surface area (Å²) >= 11 is 0. The van der Waals surface area contributed by atoms with Crippen molar-refractivity contribution in [1.82, 2.24) is 10.2 Å². The maximum atomic E-state index is 8.96. The van der Waals surface area contributed by atoms with E-state index in [0.29, 0.717) is 13.1 Å². The molecular weight excluding hydrogens is 382 g/mol. The Morgan fingerprint density at radius 3 is 3.10 bits per heavy atom. The second kappa shape index (κ2) is 9.32. The molecule has 160 valence electrons. The van der Waals surface area contributed by atoms with E-state index < -0.39 is 0 Å². The Kier molecular flexibility index (Phi) is 6.35. The van der Waals surface area contributed by atoms with Gasteiger partial charge in [-0.2, -0.15) is 0 Å². The van der Waals surface area contributed by atoms with Gasteiger partial charge in [-0.3, -0.25) is 4.99 Å². The van der Waals surface area contributed by atoms with Crippen LogP contribution in [-0.2, 0) is 4.84 Å².